The number of para-hydroxylation sites is 2. The van der Waals surface area contributed by atoms with E-state index in [1.54, 1.807) is 72.8 Å². The predicted molar refractivity (Wildman–Crippen MR) is 187 cm³/mol. The van der Waals surface area contributed by atoms with Crippen molar-refractivity contribution >= 4 is 75.9 Å². The highest BCUT2D eigenvalue weighted by atomic mass is 19.2. The monoisotopic (exact) mass is 738 g/mol. The highest BCUT2D eigenvalue weighted by Gasteiger charge is 2.34. The number of rotatable bonds is 2. The molecule has 0 saturated carbocycles. The first-order valence-electron chi connectivity index (χ1n) is 16.3. The van der Waals surface area contributed by atoms with E-state index < -0.39 is 69.5 Å². The van der Waals surface area contributed by atoms with Crippen molar-refractivity contribution in [2.75, 3.05) is 0 Å². The Balaban J connectivity index is 1.62. The molecule has 2 aromatic heterocycles. The van der Waals surface area contributed by atoms with Gasteiger partial charge in [0.05, 0.1) is 22.1 Å². The second-order valence-electron chi connectivity index (χ2n) is 12.8. The molecule has 12 heteroatoms. The van der Waals surface area contributed by atoms with Crippen LogP contribution in [0.1, 0.15) is 0 Å². The lowest BCUT2D eigenvalue weighted by atomic mass is 9.90. The number of aromatic nitrogens is 2. The van der Waals surface area contributed by atoms with Crippen molar-refractivity contribution in [1.29, 1.82) is 0 Å². The first kappa shape index (κ1) is 32.1. The number of hydrogen-bond donors (Lipinski definition) is 0. The highest BCUT2D eigenvalue weighted by Crippen LogP contribution is 2.51. The van der Waals surface area contributed by atoms with E-state index in [1.165, 1.54) is 24.3 Å². The van der Waals surface area contributed by atoms with Crippen molar-refractivity contribution < 1.29 is 43.9 Å². The Bertz CT molecular complexity index is 3060. The number of halogens is 10. The summed E-state index contributed by atoms with van der Waals surface area (Å²) in [5.74, 6) is -21.9. The lowest BCUT2D eigenvalue weighted by Gasteiger charge is -2.19. The molecule has 0 atom stereocenters. The summed E-state index contributed by atoms with van der Waals surface area (Å²) < 4.78 is 155. The molecule has 0 bridgehead atoms. The minimum Gasteiger partial charge on any atom is -0.303 e. The van der Waals surface area contributed by atoms with E-state index in [1.807, 2.05) is 0 Å². The van der Waals surface area contributed by atoms with Crippen molar-refractivity contribution in [2.45, 2.75) is 0 Å². The number of hydrogen-bond acceptors (Lipinski definition) is 0. The Kier molecular flexibility index (Phi) is 6.53. The van der Waals surface area contributed by atoms with E-state index in [0.717, 1.165) is 9.13 Å². The second-order valence-corrected chi connectivity index (χ2v) is 12.8. The summed E-state index contributed by atoms with van der Waals surface area (Å²) in [6.07, 6.45) is 0. The SMILES string of the molecule is Fc1c(F)c(F)c(-n2c3ccccc3c3c4ccccc4c4c(c5ccccc5c5c6ccccc6n(-c6c(F)c(F)c(F)c(F)c6F)c54)c32)c(F)c1F. The zero-order valence-electron chi connectivity index (χ0n) is 26.9. The molecule has 0 radical (unpaired) electrons. The quantitative estimate of drug-likeness (QED) is 0.0723. The molecular formula is C42H16F10N2. The van der Waals surface area contributed by atoms with E-state index in [4.69, 9.17) is 0 Å². The lowest BCUT2D eigenvalue weighted by Crippen LogP contribution is -2.10. The average molecular weight is 739 g/mol. The molecule has 0 unspecified atom stereocenters. The van der Waals surface area contributed by atoms with Crippen molar-refractivity contribution in [2.24, 2.45) is 0 Å². The second kappa shape index (κ2) is 11.0. The van der Waals surface area contributed by atoms with Gasteiger partial charge in [0.25, 0.3) is 0 Å². The molecule has 0 saturated heterocycles. The number of fused-ring (bicyclic) bond motifs is 15. The molecule has 54 heavy (non-hydrogen) atoms. The van der Waals surface area contributed by atoms with Crippen LogP contribution < -0.4 is 0 Å². The van der Waals surface area contributed by atoms with Gasteiger partial charge in [0.2, 0.25) is 11.6 Å². The molecule has 0 amide bonds. The number of benzene rings is 8. The molecule has 2 nitrogen and oxygen atoms in total. The highest BCUT2D eigenvalue weighted by molar-refractivity contribution is 6.44. The normalized spacial score (nSPS) is 12.3. The maximum absolute atomic E-state index is 16.0. The summed E-state index contributed by atoms with van der Waals surface area (Å²) in [5, 5.41) is 3.24. The van der Waals surface area contributed by atoms with Crippen LogP contribution in [-0.4, -0.2) is 9.13 Å². The van der Waals surface area contributed by atoms with Gasteiger partial charge in [0.1, 0.15) is 11.4 Å². The van der Waals surface area contributed by atoms with Crippen molar-refractivity contribution in [3.8, 4) is 11.4 Å². The van der Waals surface area contributed by atoms with Crippen molar-refractivity contribution in [1.82, 2.24) is 9.13 Å². The van der Waals surface area contributed by atoms with Crippen LogP contribution >= 0.6 is 0 Å². The van der Waals surface area contributed by atoms with Gasteiger partial charge in [0, 0.05) is 32.3 Å². The van der Waals surface area contributed by atoms with E-state index >= 15 is 35.1 Å². The lowest BCUT2D eigenvalue weighted by molar-refractivity contribution is 0.376. The zero-order chi connectivity index (χ0) is 37.5. The summed E-state index contributed by atoms with van der Waals surface area (Å²) in [7, 11) is 0. The molecule has 2 heterocycles. The van der Waals surface area contributed by atoms with Gasteiger partial charge >= 0.3 is 0 Å². The van der Waals surface area contributed by atoms with Gasteiger partial charge in [-0.2, -0.15) is 0 Å². The van der Waals surface area contributed by atoms with Gasteiger partial charge in [0.15, 0.2) is 46.5 Å². The molecule has 10 rings (SSSR count). The number of nitrogens with zero attached hydrogens (tertiary/aromatic N) is 2. The Hall–Kier alpha value is -6.56. The average Bonchev–Trinajstić information content (AvgIpc) is 3.72. The van der Waals surface area contributed by atoms with Crippen LogP contribution in [0.15, 0.2) is 97.1 Å². The predicted octanol–water partition coefficient (Wildman–Crippen LogP) is 12.7. The zero-order valence-corrected chi connectivity index (χ0v) is 26.9. The molecule has 0 aliphatic carbocycles. The minimum atomic E-state index is -2.36. The molecule has 0 aliphatic heterocycles. The van der Waals surface area contributed by atoms with Gasteiger partial charge in [-0.3, -0.25) is 0 Å². The van der Waals surface area contributed by atoms with Gasteiger partial charge < -0.3 is 9.13 Å². The summed E-state index contributed by atoms with van der Waals surface area (Å²) >= 11 is 0. The standard InChI is InChI=1S/C42H16F10N2/c43-29-31(45)35(49)41(36(50)32(29)46)53-23-15-7-5-13-21(23)25-17-9-1-3-11-19(17)27-28(39(25)53)20-12-4-2-10-18(20)26-22-14-6-8-16-24(22)54(40(26)27)42-37(51)33(47)30(44)34(48)38(42)52/h1-16H. The van der Waals surface area contributed by atoms with Crippen molar-refractivity contribution in [3.63, 3.8) is 0 Å². The van der Waals surface area contributed by atoms with Crippen LogP contribution in [0.2, 0.25) is 0 Å². The Morgan fingerprint density at radius 1 is 0.259 bits per heavy atom. The molecule has 264 valence electrons. The first-order chi connectivity index (χ1) is 26.0. The summed E-state index contributed by atoms with van der Waals surface area (Å²) in [6, 6.07) is 25.7. The van der Waals surface area contributed by atoms with Crippen molar-refractivity contribution in [3.05, 3.63) is 155 Å². The molecule has 10 aromatic rings. The Labute approximate surface area is 295 Å². The van der Waals surface area contributed by atoms with Gasteiger partial charge in [-0.1, -0.05) is 84.9 Å². The Morgan fingerprint density at radius 3 is 0.815 bits per heavy atom. The Morgan fingerprint density at radius 2 is 0.500 bits per heavy atom. The summed E-state index contributed by atoms with van der Waals surface area (Å²) in [4.78, 5) is 0. The molecule has 0 N–H and O–H groups in total. The van der Waals surface area contributed by atoms with Crippen LogP contribution in [0, 0.1) is 58.2 Å². The third kappa shape index (κ3) is 3.81. The van der Waals surface area contributed by atoms with E-state index in [-0.39, 0.29) is 32.8 Å². The fourth-order valence-electron chi connectivity index (χ4n) is 8.14. The maximum atomic E-state index is 16.0. The first-order valence-corrected chi connectivity index (χ1v) is 16.3. The smallest absolute Gasteiger partial charge is 0.200 e. The van der Waals surface area contributed by atoms with Crippen LogP contribution in [0.25, 0.3) is 87.3 Å². The fourth-order valence-corrected chi connectivity index (χ4v) is 8.14. The van der Waals surface area contributed by atoms with E-state index in [0.29, 0.717) is 43.1 Å². The van der Waals surface area contributed by atoms with E-state index in [2.05, 4.69) is 0 Å². The van der Waals surface area contributed by atoms with Gasteiger partial charge in [-0.15, -0.1) is 0 Å². The molecule has 8 aromatic carbocycles. The van der Waals surface area contributed by atoms with Gasteiger partial charge in [-0.25, -0.2) is 43.9 Å². The topological polar surface area (TPSA) is 9.86 Å². The molecular weight excluding hydrogens is 722 g/mol. The van der Waals surface area contributed by atoms with Crippen LogP contribution in [0.4, 0.5) is 43.9 Å². The third-order valence-corrected chi connectivity index (χ3v) is 10.2. The maximum Gasteiger partial charge on any atom is 0.200 e. The van der Waals surface area contributed by atoms with Crippen LogP contribution in [-0.2, 0) is 0 Å². The summed E-state index contributed by atoms with van der Waals surface area (Å²) in [6.45, 7) is 0. The molecule has 0 aliphatic rings. The molecule has 0 spiro atoms. The largest absolute Gasteiger partial charge is 0.303 e. The third-order valence-electron chi connectivity index (χ3n) is 10.2. The van der Waals surface area contributed by atoms with E-state index in [9.17, 15) is 8.78 Å². The van der Waals surface area contributed by atoms with Crippen LogP contribution in [0.3, 0.4) is 0 Å². The fraction of sp³-hybridized carbons (Fsp3) is 0. The molecule has 0 fully saturated rings. The van der Waals surface area contributed by atoms with Crippen LogP contribution in [0.5, 0.6) is 0 Å². The summed E-state index contributed by atoms with van der Waals surface area (Å²) in [5.41, 5.74) is -2.53. The van der Waals surface area contributed by atoms with Gasteiger partial charge in [-0.05, 0) is 33.7 Å². The minimum absolute atomic E-state index is 0.0413.